The van der Waals surface area contributed by atoms with E-state index in [-0.39, 0.29) is 12.1 Å². The van der Waals surface area contributed by atoms with E-state index in [1.54, 1.807) is 15.6 Å². The third kappa shape index (κ3) is 7.34. The number of urea groups is 1. The predicted molar refractivity (Wildman–Crippen MR) is 178 cm³/mol. The van der Waals surface area contributed by atoms with Crippen LogP contribution in [0.25, 0.3) is 22.1 Å². The molecule has 15 heteroatoms. The molecule has 3 aromatic rings. The van der Waals surface area contributed by atoms with Gasteiger partial charge in [-0.3, -0.25) is 4.90 Å². The van der Waals surface area contributed by atoms with Gasteiger partial charge in [0.15, 0.2) is 11.6 Å². The summed E-state index contributed by atoms with van der Waals surface area (Å²) in [7, 11) is -3.16. The molecular formula is C31H41N9O4S2. The summed E-state index contributed by atoms with van der Waals surface area (Å²) in [5, 5.41) is 6.18. The van der Waals surface area contributed by atoms with Crippen molar-refractivity contribution in [3.05, 3.63) is 41.3 Å². The van der Waals surface area contributed by atoms with Crippen LogP contribution in [0.2, 0.25) is 0 Å². The highest BCUT2D eigenvalue weighted by molar-refractivity contribution is 7.88. The van der Waals surface area contributed by atoms with E-state index in [9.17, 15) is 13.2 Å². The fraction of sp³-hybridized carbons (Fsp3) is 0.548. The monoisotopic (exact) mass is 667 g/mol. The van der Waals surface area contributed by atoms with Crippen LogP contribution in [0.4, 0.5) is 16.4 Å². The molecule has 5 aliphatic heterocycles. The lowest BCUT2D eigenvalue weighted by molar-refractivity contribution is 0.0777. The van der Waals surface area contributed by atoms with E-state index in [4.69, 9.17) is 19.7 Å². The van der Waals surface area contributed by atoms with Crippen LogP contribution in [0, 0.1) is 5.92 Å². The highest BCUT2D eigenvalue weighted by Crippen LogP contribution is 2.31. The molecule has 0 saturated carbocycles. The molecule has 5 saturated heterocycles. The van der Waals surface area contributed by atoms with Gasteiger partial charge >= 0.3 is 6.03 Å². The van der Waals surface area contributed by atoms with Crippen LogP contribution in [-0.2, 0) is 21.3 Å². The minimum absolute atomic E-state index is 0.172. The molecule has 1 unspecified atom stereocenters. The summed E-state index contributed by atoms with van der Waals surface area (Å²) in [6.45, 7) is 9.01. The number of benzene rings is 1. The quantitative estimate of drug-likeness (QED) is 0.369. The number of hydrogen-bond donors (Lipinski definition) is 2. The van der Waals surface area contributed by atoms with Crippen molar-refractivity contribution in [2.75, 3.05) is 88.6 Å². The molecule has 13 nitrogen and oxygen atoms in total. The third-order valence-electron chi connectivity index (χ3n) is 9.35. The molecule has 2 aromatic heterocycles. The van der Waals surface area contributed by atoms with Crippen molar-refractivity contribution in [3.63, 3.8) is 0 Å². The number of sulfonamides is 1. The topological polar surface area (TPSA) is 136 Å². The van der Waals surface area contributed by atoms with E-state index < -0.39 is 10.0 Å². The summed E-state index contributed by atoms with van der Waals surface area (Å²) >= 11 is 1.65. The van der Waals surface area contributed by atoms with E-state index in [1.807, 2.05) is 24.3 Å². The number of nitrogens with zero attached hydrogens (tertiary/aromatic N) is 7. The van der Waals surface area contributed by atoms with Gasteiger partial charge in [0.2, 0.25) is 16.0 Å². The minimum atomic E-state index is -3.16. The number of nitrogens with one attached hydrogen (secondary N) is 2. The second-order valence-corrected chi connectivity index (χ2v) is 15.7. The van der Waals surface area contributed by atoms with Gasteiger partial charge in [0.25, 0.3) is 0 Å². The maximum absolute atomic E-state index is 12.8. The summed E-state index contributed by atoms with van der Waals surface area (Å²) < 4.78 is 30.9. The third-order valence-corrected chi connectivity index (χ3v) is 11.7. The van der Waals surface area contributed by atoms with Crippen LogP contribution < -0.4 is 15.5 Å². The standard InChI is InChI=1S/C31H41N9O4S2/c1-46(42,43)40-14-12-38(13-15-40)20-25-6-7-27(45-25)29-34-28(35-30(36-29)39-16-18-44-19-17-39)23-2-4-24(5-3-23)32-31(41)33-26-21-37-10-8-22(26)9-11-37/h2-7,22,26H,8-21H2,1H3,(H2,32,33,41). The van der Waals surface area contributed by atoms with Gasteiger partial charge in [0.05, 0.1) is 24.3 Å². The van der Waals surface area contributed by atoms with Crippen LogP contribution in [0.1, 0.15) is 17.7 Å². The number of amides is 2. The zero-order chi connectivity index (χ0) is 31.7. The van der Waals surface area contributed by atoms with Crippen molar-refractivity contribution >= 4 is 39.0 Å². The first-order valence-electron chi connectivity index (χ1n) is 16.0. The smallest absolute Gasteiger partial charge is 0.319 e. The number of hydrogen-bond acceptors (Lipinski definition) is 11. The molecule has 8 rings (SSSR count). The zero-order valence-electron chi connectivity index (χ0n) is 26.1. The number of fused-ring (bicyclic) bond motifs is 3. The molecule has 2 amide bonds. The van der Waals surface area contributed by atoms with E-state index in [0.717, 1.165) is 49.5 Å². The maximum Gasteiger partial charge on any atom is 0.319 e. The molecule has 0 aliphatic carbocycles. The first-order chi connectivity index (χ1) is 22.3. The second-order valence-electron chi connectivity index (χ2n) is 12.5. The van der Waals surface area contributed by atoms with Crippen molar-refractivity contribution in [2.24, 2.45) is 5.92 Å². The average Bonchev–Trinajstić information content (AvgIpc) is 3.54. The number of carbonyl (C=O) groups excluding carboxylic acids is 1. The van der Waals surface area contributed by atoms with E-state index >= 15 is 0 Å². The summed E-state index contributed by atoms with van der Waals surface area (Å²) in [6.07, 6.45) is 3.57. The van der Waals surface area contributed by atoms with Gasteiger partial charge in [-0.2, -0.15) is 14.3 Å². The first kappa shape index (κ1) is 31.4. The van der Waals surface area contributed by atoms with Gasteiger partial charge in [-0.05, 0) is 68.2 Å². The molecule has 1 aromatic carbocycles. The number of thiophene rings is 1. The van der Waals surface area contributed by atoms with Gasteiger partial charge in [0.1, 0.15) is 0 Å². The maximum atomic E-state index is 12.8. The zero-order valence-corrected chi connectivity index (χ0v) is 27.7. The van der Waals surface area contributed by atoms with Crippen molar-refractivity contribution in [1.29, 1.82) is 0 Å². The van der Waals surface area contributed by atoms with Crippen LogP contribution in [0.3, 0.4) is 0 Å². The molecule has 46 heavy (non-hydrogen) atoms. The van der Waals surface area contributed by atoms with E-state index in [2.05, 4.69) is 37.5 Å². The second kappa shape index (κ2) is 13.5. The summed E-state index contributed by atoms with van der Waals surface area (Å²) in [6, 6.07) is 11.8. The first-order valence-corrected chi connectivity index (χ1v) is 18.7. The fourth-order valence-corrected chi connectivity index (χ4v) is 8.51. The molecule has 5 aliphatic rings. The van der Waals surface area contributed by atoms with Crippen molar-refractivity contribution in [2.45, 2.75) is 25.4 Å². The van der Waals surface area contributed by atoms with Gasteiger partial charge in [-0.25, -0.2) is 18.2 Å². The molecule has 5 fully saturated rings. The molecular weight excluding hydrogens is 627 g/mol. The molecule has 1 atom stereocenters. The Bertz CT molecular complexity index is 1630. The lowest BCUT2D eigenvalue weighted by Gasteiger charge is -2.44. The number of piperidine rings is 3. The number of morpholine rings is 1. The molecule has 2 N–H and O–H groups in total. The summed E-state index contributed by atoms with van der Waals surface area (Å²) in [5.74, 6) is 2.37. The summed E-state index contributed by atoms with van der Waals surface area (Å²) in [4.78, 5) is 36.4. The molecule has 0 radical (unpaired) electrons. The van der Waals surface area contributed by atoms with Crippen LogP contribution in [0.5, 0.6) is 0 Å². The number of ether oxygens (including phenoxy) is 1. The predicted octanol–water partition coefficient (Wildman–Crippen LogP) is 2.40. The Kier molecular flexibility index (Phi) is 9.21. The highest BCUT2D eigenvalue weighted by atomic mass is 32.2. The SMILES string of the molecule is CS(=O)(=O)N1CCN(Cc2ccc(-c3nc(-c4ccc(NC(=O)NC5CN6CCC5CC6)cc4)nc(N4CCOCC4)n3)s2)CC1. The van der Waals surface area contributed by atoms with Crippen LogP contribution >= 0.6 is 11.3 Å². The lowest BCUT2D eigenvalue weighted by Crippen LogP contribution is -2.57. The number of piperazine rings is 1. The van der Waals surface area contributed by atoms with E-state index in [1.165, 1.54) is 11.1 Å². The highest BCUT2D eigenvalue weighted by Gasteiger charge is 2.35. The van der Waals surface area contributed by atoms with Gasteiger partial charge in [-0.1, -0.05) is 0 Å². The molecule has 7 heterocycles. The Labute approximate surface area is 274 Å². The molecule has 246 valence electrons. The molecule has 2 bridgehead atoms. The number of carbonyl (C=O) groups is 1. The Morgan fingerprint density at radius 3 is 2.30 bits per heavy atom. The summed E-state index contributed by atoms with van der Waals surface area (Å²) in [5.41, 5.74) is 1.55. The minimum Gasteiger partial charge on any atom is -0.378 e. The normalized spacial score (nSPS) is 24.2. The Morgan fingerprint density at radius 2 is 1.63 bits per heavy atom. The lowest BCUT2D eigenvalue weighted by atomic mass is 9.84. The van der Waals surface area contributed by atoms with Gasteiger partial charge in [-0.15, -0.1) is 11.3 Å². The van der Waals surface area contributed by atoms with Crippen molar-refractivity contribution in [3.8, 4) is 22.1 Å². The van der Waals surface area contributed by atoms with E-state index in [0.29, 0.717) is 81.7 Å². The fourth-order valence-electron chi connectivity index (χ4n) is 6.70. The number of aromatic nitrogens is 3. The number of anilines is 2. The Morgan fingerprint density at radius 1 is 0.913 bits per heavy atom. The molecule has 0 spiro atoms. The van der Waals surface area contributed by atoms with Crippen molar-refractivity contribution in [1.82, 2.24) is 34.4 Å². The average molecular weight is 668 g/mol. The number of rotatable bonds is 8. The van der Waals surface area contributed by atoms with Crippen LogP contribution in [0.15, 0.2) is 36.4 Å². The van der Waals surface area contributed by atoms with Crippen LogP contribution in [-0.4, -0.2) is 128 Å². The van der Waals surface area contributed by atoms with Crippen molar-refractivity contribution < 1.29 is 17.9 Å². The van der Waals surface area contributed by atoms with Gasteiger partial charge in [0, 0.05) is 74.5 Å². The Hall–Kier alpha value is -3.21. The largest absolute Gasteiger partial charge is 0.378 e. The Balaban J connectivity index is 1.06. The van der Waals surface area contributed by atoms with Gasteiger partial charge < -0.3 is 25.2 Å².